The number of halogens is 3. The molecule has 1 aromatic rings. The summed E-state index contributed by atoms with van der Waals surface area (Å²) in [6, 6.07) is 4.44. The lowest BCUT2D eigenvalue weighted by Gasteiger charge is -2.28. The van der Waals surface area contributed by atoms with Crippen molar-refractivity contribution in [2.24, 2.45) is 5.41 Å². The van der Waals surface area contributed by atoms with Gasteiger partial charge in [0, 0.05) is 18.7 Å². The molecule has 0 atom stereocenters. The van der Waals surface area contributed by atoms with Crippen molar-refractivity contribution in [2.45, 2.75) is 20.0 Å². The molecule has 0 saturated carbocycles. The summed E-state index contributed by atoms with van der Waals surface area (Å²) >= 11 is 0. The molecular formula is C15H21F3N2O. The van der Waals surface area contributed by atoms with E-state index in [9.17, 15) is 18.0 Å². The molecule has 0 fully saturated rings. The van der Waals surface area contributed by atoms with E-state index in [1.54, 1.807) is 0 Å². The smallest absolute Gasteiger partial charge is 0.351 e. The van der Waals surface area contributed by atoms with E-state index >= 15 is 0 Å². The summed E-state index contributed by atoms with van der Waals surface area (Å²) in [6.45, 7) is 5.12. The number of carbonyl (C=O) groups is 1. The van der Waals surface area contributed by atoms with Crippen molar-refractivity contribution in [2.75, 3.05) is 27.2 Å². The van der Waals surface area contributed by atoms with Gasteiger partial charge in [0.15, 0.2) is 0 Å². The summed E-state index contributed by atoms with van der Waals surface area (Å²) in [5.74, 6) is -0.493. The van der Waals surface area contributed by atoms with Crippen LogP contribution in [0.3, 0.4) is 0 Å². The second-order valence-electron chi connectivity index (χ2n) is 6.16. The standard InChI is InChI=1S/C15H21F3N2O/c1-14(2,10-20(3)4)9-19-13(21)11-6-5-7-12(8-11)15(16,17)18/h5-8H,9-10H2,1-4H3,(H,19,21). The number of nitrogens with zero attached hydrogens (tertiary/aromatic N) is 1. The van der Waals surface area contributed by atoms with Gasteiger partial charge in [-0.1, -0.05) is 19.9 Å². The largest absolute Gasteiger partial charge is 0.416 e. The van der Waals surface area contributed by atoms with E-state index in [0.29, 0.717) is 6.54 Å². The molecule has 0 aliphatic rings. The zero-order valence-electron chi connectivity index (χ0n) is 12.7. The Bertz CT molecular complexity index is 496. The van der Waals surface area contributed by atoms with Crippen LogP contribution in [0.25, 0.3) is 0 Å². The molecule has 3 nitrogen and oxygen atoms in total. The van der Waals surface area contributed by atoms with Crippen LogP contribution in [0.5, 0.6) is 0 Å². The minimum Gasteiger partial charge on any atom is -0.351 e. The minimum absolute atomic E-state index is 0.0190. The first kappa shape index (κ1) is 17.5. The van der Waals surface area contributed by atoms with Gasteiger partial charge in [0.05, 0.1) is 5.56 Å². The molecule has 0 aromatic heterocycles. The van der Waals surface area contributed by atoms with Gasteiger partial charge in [-0.25, -0.2) is 0 Å². The van der Waals surface area contributed by atoms with Crippen LogP contribution < -0.4 is 5.32 Å². The SMILES string of the molecule is CN(C)CC(C)(C)CNC(=O)c1cccc(C(F)(F)F)c1. The van der Waals surface area contributed by atoms with E-state index in [1.807, 2.05) is 32.8 Å². The Morgan fingerprint density at radius 3 is 2.38 bits per heavy atom. The van der Waals surface area contributed by atoms with E-state index in [4.69, 9.17) is 0 Å². The molecule has 118 valence electrons. The molecule has 0 radical (unpaired) electrons. The highest BCUT2D eigenvalue weighted by Crippen LogP contribution is 2.29. The zero-order valence-corrected chi connectivity index (χ0v) is 12.7. The Morgan fingerprint density at radius 2 is 1.86 bits per heavy atom. The fourth-order valence-corrected chi connectivity index (χ4v) is 2.17. The number of rotatable bonds is 5. The average Bonchev–Trinajstić information content (AvgIpc) is 2.33. The number of hydrogen-bond donors (Lipinski definition) is 1. The van der Waals surface area contributed by atoms with Gasteiger partial charge in [-0.05, 0) is 37.7 Å². The Morgan fingerprint density at radius 1 is 1.24 bits per heavy atom. The molecule has 0 unspecified atom stereocenters. The molecule has 0 heterocycles. The summed E-state index contributed by atoms with van der Waals surface area (Å²) < 4.78 is 37.8. The second-order valence-corrected chi connectivity index (χ2v) is 6.16. The Kier molecular flexibility index (Phi) is 5.39. The maximum absolute atomic E-state index is 12.6. The number of alkyl halides is 3. The number of carbonyl (C=O) groups excluding carboxylic acids is 1. The Balaban J connectivity index is 2.73. The highest BCUT2D eigenvalue weighted by atomic mass is 19.4. The predicted molar refractivity (Wildman–Crippen MR) is 76.1 cm³/mol. The molecule has 1 amide bonds. The maximum Gasteiger partial charge on any atom is 0.416 e. The van der Waals surface area contributed by atoms with Crippen molar-refractivity contribution in [3.8, 4) is 0 Å². The second kappa shape index (κ2) is 6.47. The van der Waals surface area contributed by atoms with Gasteiger partial charge >= 0.3 is 6.18 Å². The van der Waals surface area contributed by atoms with Crippen molar-refractivity contribution in [1.29, 1.82) is 0 Å². The first-order chi connectivity index (χ1) is 9.51. The van der Waals surface area contributed by atoms with Gasteiger partial charge in [-0.15, -0.1) is 0 Å². The van der Waals surface area contributed by atoms with Crippen LogP contribution in [0.2, 0.25) is 0 Å². The average molecular weight is 302 g/mol. The van der Waals surface area contributed by atoms with Crippen molar-refractivity contribution in [3.05, 3.63) is 35.4 Å². The molecule has 0 aliphatic heterocycles. The molecule has 0 saturated heterocycles. The maximum atomic E-state index is 12.6. The van der Waals surface area contributed by atoms with Gasteiger partial charge < -0.3 is 10.2 Å². The fraction of sp³-hybridized carbons (Fsp3) is 0.533. The molecule has 1 rings (SSSR count). The third-order valence-corrected chi connectivity index (χ3v) is 2.92. The summed E-state index contributed by atoms with van der Waals surface area (Å²) in [5, 5.41) is 2.69. The Hall–Kier alpha value is -1.56. The van der Waals surface area contributed by atoms with Crippen molar-refractivity contribution in [3.63, 3.8) is 0 Å². The highest BCUT2D eigenvalue weighted by molar-refractivity contribution is 5.94. The van der Waals surface area contributed by atoms with Crippen molar-refractivity contribution in [1.82, 2.24) is 10.2 Å². The van der Waals surface area contributed by atoms with Gasteiger partial charge in [-0.2, -0.15) is 13.2 Å². The van der Waals surface area contributed by atoms with E-state index in [-0.39, 0.29) is 11.0 Å². The summed E-state index contributed by atoms with van der Waals surface area (Å²) in [6.07, 6.45) is -4.44. The zero-order chi connectivity index (χ0) is 16.3. The van der Waals surface area contributed by atoms with Crippen molar-refractivity contribution >= 4 is 5.91 Å². The Labute approximate surface area is 123 Å². The van der Waals surface area contributed by atoms with Gasteiger partial charge in [-0.3, -0.25) is 4.79 Å². The lowest BCUT2D eigenvalue weighted by molar-refractivity contribution is -0.137. The monoisotopic (exact) mass is 302 g/mol. The molecule has 0 bridgehead atoms. The normalized spacial score (nSPS) is 12.6. The van der Waals surface area contributed by atoms with Crippen LogP contribution >= 0.6 is 0 Å². The third kappa shape index (κ3) is 5.75. The number of amides is 1. The summed E-state index contributed by atoms with van der Waals surface area (Å²) in [4.78, 5) is 14.0. The molecule has 0 aliphatic carbocycles. The first-order valence-electron chi connectivity index (χ1n) is 6.61. The topological polar surface area (TPSA) is 32.3 Å². The molecule has 1 N–H and O–H groups in total. The molecule has 21 heavy (non-hydrogen) atoms. The highest BCUT2D eigenvalue weighted by Gasteiger charge is 2.31. The number of hydrogen-bond acceptors (Lipinski definition) is 2. The van der Waals surface area contributed by atoms with Gasteiger partial charge in [0.2, 0.25) is 0 Å². The molecule has 6 heteroatoms. The van der Waals surface area contributed by atoms with Gasteiger partial charge in [0.25, 0.3) is 5.91 Å². The molecule has 1 aromatic carbocycles. The van der Waals surface area contributed by atoms with Crippen LogP contribution in [0.1, 0.15) is 29.8 Å². The van der Waals surface area contributed by atoms with Crippen LogP contribution in [0.4, 0.5) is 13.2 Å². The fourth-order valence-electron chi connectivity index (χ4n) is 2.17. The van der Waals surface area contributed by atoms with Gasteiger partial charge in [0.1, 0.15) is 0 Å². The molecular weight excluding hydrogens is 281 g/mol. The first-order valence-corrected chi connectivity index (χ1v) is 6.61. The van der Waals surface area contributed by atoms with Crippen molar-refractivity contribution < 1.29 is 18.0 Å². The minimum atomic E-state index is -4.44. The van der Waals surface area contributed by atoms with E-state index in [2.05, 4.69) is 5.32 Å². The molecule has 0 spiro atoms. The number of nitrogens with one attached hydrogen (secondary N) is 1. The van der Waals surface area contributed by atoms with Crippen LogP contribution in [-0.4, -0.2) is 38.0 Å². The lowest BCUT2D eigenvalue weighted by atomic mass is 9.93. The van der Waals surface area contributed by atoms with E-state index < -0.39 is 17.6 Å². The van der Waals surface area contributed by atoms with E-state index in [0.717, 1.165) is 18.7 Å². The van der Waals surface area contributed by atoms with Crippen LogP contribution in [0, 0.1) is 5.41 Å². The number of benzene rings is 1. The van der Waals surface area contributed by atoms with Crippen LogP contribution in [0.15, 0.2) is 24.3 Å². The predicted octanol–water partition coefficient (Wildman–Crippen LogP) is 3.02. The summed E-state index contributed by atoms with van der Waals surface area (Å²) in [7, 11) is 3.85. The van der Waals surface area contributed by atoms with Crippen LogP contribution in [-0.2, 0) is 6.18 Å². The lowest BCUT2D eigenvalue weighted by Crippen LogP contribution is -2.40. The summed E-state index contributed by atoms with van der Waals surface area (Å²) in [5.41, 5.74) is -0.964. The quantitative estimate of drug-likeness (QED) is 0.907. The van der Waals surface area contributed by atoms with E-state index in [1.165, 1.54) is 12.1 Å². The third-order valence-electron chi connectivity index (χ3n) is 2.92.